The highest BCUT2D eigenvalue weighted by Crippen LogP contribution is 2.42. The molecule has 0 saturated carbocycles. The van der Waals surface area contributed by atoms with Crippen LogP contribution in [0, 0.1) is 20.8 Å². The number of esters is 1. The van der Waals surface area contributed by atoms with Gasteiger partial charge in [0.05, 0.1) is 24.6 Å². The number of hydrogen-bond acceptors (Lipinski definition) is 5. The molecule has 0 spiro atoms. The number of benzene rings is 3. The van der Waals surface area contributed by atoms with E-state index >= 15 is 0 Å². The molecule has 1 atom stereocenters. The first-order valence-electron chi connectivity index (χ1n) is 11.9. The summed E-state index contributed by atoms with van der Waals surface area (Å²) in [5.41, 5.74) is 5.22. The molecule has 0 radical (unpaired) electrons. The van der Waals surface area contributed by atoms with Crippen molar-refractivity contribution < 1.29 is 24.2 Å². The lowest BCUT2D eigenvalue weighted by molar-refractivity contribution is -0.142. The lowest BCUT2D eigenvalue weighted by Gasteiger charge is -2.26. The normalized spacial score (nSPS) is 16.9. The Balaban J connectivity index is 1.85. The number of amides is 1. The minimum Gasteiger partial charge on any atom is -0.507 e. The molecule has 1 heterocycles. The van der Waals surface area contributed by atoms with Crippen molar-refractivity contribution in [1.82, 2.24) is 0 Å². The lowest BCUT2D eigenvalue weighted by Crippen LogP contribution is -2.29. The smallest absolute Gasteiger partial charge is 0.310 e. The fourth-order valence-electron chi connectivity index (χ4n) is 4.54. The summed E-state index contributed by atoms with van der Waals surface area (Å²) in [6.07, 6.45) is 0.112. The van der Waals surface area contributed by atoms with Crippen LogP contribution in [0.25, 0.3) is 5.76 Å². The zero-order valence-corrected chi connectivity index (χ0v) is 20.9. The second kappa shape index (κ2) is 10.2. The minimum atomic E-state index is -0.805. The molecule has 1 saturated heterocycles. The minimum absolute atomic E-state index is 0.0508. The molecule has 0 bridgehead atoms. The number of aliphatic hydroxyl groups excluding tert-OH is 1. The van der Waals surface area contributed by atoms with E-state index in [1.54, 1.807) is 31.2 Å². The molecular formula is C30H29NO5. The van der Waals surface area contributed by atoms with Crippen molar-refractivity contribution in [2.24, 2.45) is 0 Å². The molecular weight excluding hydrogens is 454 g/mol. The topological polar surface area (TPSA) is 83.9 Å². The average Bonchev–Trinajstić information content (AvgIpc) is 3.11. The molecule has 1 amide bonds. The summed E-state index contributed by atoms with van der Waals surface area (Å²) in [7, 11) is 0. The molecule has 1 N–H and O–H groups in total. The van der Waals surface area contributed by atoms with Gasteiger partial charge in [0.2, 0.25) is 0 Å². The van der Waals surface area contributed by atoms with E-state index in [2.05, 4.69) is 0 Å². The molecule has 3 aromatic carbocycles. The van der Waals surface area contributed by atoms with Crippen LogP contribution >= 0.6 is 0 Å². The number of carbonyl (C=O) groups excluding carboxylic acids is 3. The number of carbonyl (C=O) groups is 3. The van der Waals surface area contributed by atoms with Crippen LogP contribution < -0.4 is 4.90 Å². The number of nitrogens with zero attached hydrogens (tertiary/aromatic N) is 1. The van der Waals surface area contributed by atoms with Gasteiger partial charge in [-0.3, -0.25) is 19.3 Å². The second-order valence-corrected chi connectivity index (χ2v) is 9.05. The highest BCUT2D eigenvalue weighted by molar-refractivity contribution is 6.51. The van der Waals surface area contributed by atoms with Crippen molar-refractivity contribution in [2.75, 3.05) is 11.5 Å². The standard InChI is InChI=1S/C30H29NO5/c1-5-36-25(32)17-21-11-13-23(14-12-21)31-27(22-8-6-7-18(2)15-22)26(29(34)30(31)35)28(33)24-16-19(3)9-10-20(24)4/h6-16,27,33H,5,17H2,1-4H3/b28-26+. The maximum absolute atomic E-state index is 13.4. The molecule has 4 rings (SSSR count). The highest BCUT2D eigenvalue weighted by Gasteiger charge is 2.47. The number of ether oxygens (including phenoxy) is 1. The van der Waals surface area contributed by atoms with E-state index in [9.17, 15) is 19.5 Å². The molecule has 6 heteroatoms. The van der Waals surface area contributed by atoms with E-state index in [-0.39, 0.29) is 23.7 Å². The molecule has 3 aromatic rings. The van der Waals surface area contributed by atoms with E-state index in [1.807, 2.05) is 63.2 Å². The van der Waals surface area contributed by atoms with Crippen molar-refractivity contribution in [2.45, 2.75) is 40.2 Å². The summed E-state index contributed by atoms with van der Waals surface area (Å²) in [4.78, 5) is 40.0. The first-order chi connectivity index (χ1) is 17.2. The number of anilines is 1. The maximum Gasteiger partial charge on any atom is 0.310 e. The average molecular weight is 484 g/mol. The number of rotatable bonds is 6. The Labute approximate surface area is 210 Å². The quantitative estimate of drug-likeness (QED) is 0.221. The monoisotopic (exact) mass is 483 g/mol. The van der Waals surface area contributed by atoms with Crippen LogP contribution in [0.3, 0.4) is 0 Å². The summed E-state index contributed by atoms with van der Waals surface area (Å²) in [6.45, 7) is 7.75. The third kappa shape index (κ3) is 4.80. The van der Waals surface area contributed by atoms with Gasteiger partial charge < -0.3 is 9.84 Å². The van der Waals surface area contributed by atoms with Crippen molar-refractivity contribution in [3.05, 3.63) is 106 Å². The number of aliphatic hydroxyl groups is 1. The zero-order valence-electron chi connectivity index (χ0n) is 20.9. The molecule has 36 heavy (non-hydrogen) atoms. The molecule has 6 nitrogen and oxygen atoms in total. The number of hydrogen-bond donors (Lipinski definition) is 1. The van der Waals surface area contributed by atoms with Gasteiger partial charge in [0.15, 0.2) is 0 Å². The van der Waals surface area contributed by atoms with Gasteiger partial charge in [-0.05, 0) is 62.6 Å². The van der Waals surface area contributed by atoms with Gasteiger partial charge in [0.25, 0.3) is 11.7 Å². The number of ketones is 1. The molecule has 1 aliphatic rings. The second-order valence-electron chi connectivity index (χ2n) is 9.05. The summed E-state index contributed by atoms with van der Waals surface area (Å²) in [5.74, 6) is -1.98. The van der Waals surface area contributed by atoms with E-state index in [4.69, 9.17) is 4.74 Å². The van der Waals surface area contributed by atoms with Gasteiger partial charge in [-0.15, -0.1) is 0 Å². The Morgan fingerprint density at radius 2 is 1.64 bits per heavy atom. The van der Waals surface area contributed by atoms with Gasteiger partial charge in [-0.2, -0.15) is 0 Å². The fraction of sp³-hybridized carbons (Fsp3) is 0.233. The maximum atomic E-state index is 13.4. The lowest BCUT2D eigenvalue weighted by atomic mass is 9.92. The Morgan fingerprint density at radius 1 is 0.944 bits per heavy atom. The third-order valence-corrected chi connectivity index (χ3v) is 6.32. The summed E-state index contributed by atoms with van der Waals surface area (Å²) >= 11 is 0. The van der Waals surface area contributed by atoms with Gasteiger partial charge in [0.1, 0.15) is 5.76 Å². The first-order valence-corrected chi connectivity index (χ1v) is 11.9. The molecule has 0 aromatic heterocycles. The molecule has 1 aliphatic heterocycles. The van der Waals surface area contributed by atoms with Crippen LogP contribution in [0.15, 0.2) is 72.3 Å². The molecule has 1 fully saturated rings. The van der Waals surface area contributed by atoms with Crippen LogP contribution in [0.2, 0.25) is 0 Å². The predicted molar refractivity (Wildman–Crippen MR) is 139 cm³/mol. The zero-order chi connectivity index (χ0) is 26.0. The fourth-order valence-corrected chi connectivity index (χ4v) is 4.54. The van der Waals surface area contributed by atoms with Crippen LogP contribution in [-0.2, 0) is 25.5 Å². The summed E-state index contributed by atoms with van der Waals surface area (Å²) in [6, 6.07) is 19.3. The molecule has 1 unspecified atom stereocenters. The molecule has 184 valence electrons. The largest absolute Gasteiger partial charge is 0.507 e. The van der Waals surface area contributed by atoms with Gasteiger partial charge in [-0.25, -0.2) is 0 Å². The third-order valence-electron chi connectivity index (χ3n) is 6.32. The van der Waals surface area contributed by atoms with Crippen LogP contribution in [0.1, 0.15) is 46.3 Å². The first kappa shape index (κ1) is 24.9. The highest BCUT2D eigenvalue weighted by atomic mass is 16.5. The Hall–Kier alpha value is -4.19. The van der Waals surface area contributed by atoms with E-state index in [0.717, 1.165) is 27.8 Å². The van der Waals surface area contributed by atoms with Crippen LogP contribution in [-0.4, -0.2) is 29.4 Å². The SMILES string of the molecule is CCOC(=O)Cc1ccc(N2C(=O)C(=O)/C(=C(/O)c3cc(C)ccc3C)C2c2cccc(C)c2)cc1. The van der Waals surface area contributed by atoms with E-state index in [0.29, 0.717) is 17.9 Å². The van der Waals surface area contributed by atoms with E-state index < -0.39 is 17.7 Å². The Bertz CT molecular complexity index is 1370. The Morgan fingerprint density at radius 3 is 2.31 bits per heavy atom. The number of Topliss-reactive ketones (excluding diaryl/α,β-unsaturated/α-hetero) is 1. The van der Waals surface area contributed by atoms with Gasteiger partial charge in [-0.1, -0.05) is 59.7 Å². The predicted octanol–water partition coefficient (Wildman–Crippen LogP) is 5.34. The van der Waals surface area contributed by atoms with Crippen molar-refractivity contribution in [3.63, 3.8) is 0 Å². The Kier molecular flexibility index (Phi) is 7.06. The van der Waals surface area contributed by atoms with Crippen LogP contribution in [0.5, 0.6) is 0 Å². The van der Waals surface area contributed by atoms with Gasteiger partial charge in [0, 0.05) is 11.3 Å². The summed E-state index contributed by atoms with van der Waals surface area (Å²) < 4.78 is 5.01. The van der Waals surface area contributed by atoms with Gasteiger partial charge >= 0.3 is 5.97 Å². The van der Waals surface area contributed by atoms with Crippen molar-refractivity contribution >= 4 is 29.1 Å². The van der Waals surface area contributed by atoms with Crippen LogP contribution in [0.4, 0.5) is 5.69 Å². The summed E-state index contributed by atoms with van der Waals surface area (Å²) in [5, 5.41) is 11.4. The number of aryl methyl sites for hydroxylation is 3. The van der Waals surface area contributed by atoms with E-state index in [1.165, 1.54) is 4.90 Å². The van der Waals surface area contributed by atoms with Crippen molar-refractivity contribution in [3.8, 4) is 0 Å². The molecule has 0 aliphatic carbocycles. The van der Waals surface area contributed by atoms with Crippen molar-refractivity contribution in [1.29, 1.82) is 0 Å².